The van der Waals surface area contributed by atoms with Gasteiger partial charge in [-0.3, -0.25) is 9.69 Å². The highest BCUT2D eigenvalue weighted by Gasteiger charge is 2.44. The second-order valence-corrected chi connectivity index (χ2v) is 9.26. The Labute approximate surface area is 193 Å². The Hall–Kier alpha value is -1.89. The smallest absolute Gasteiger partial charge is 0.233 e. The number of hydrogen-bond donors (Lipinski definition) is 0. The molecular weight excluding hydrogens is 456 g/mol. The van der Waals surface area contributed by atoms with Crippen molar-refractivity contribution in [2.45, 2.75) is 31.7 Å². The van der Waals surface area contributed by atoms with Crippen LogP contribution in [0.15, 0.2) is 53.0 Å². The first-order chi connectivity index (χ1) is 15.1. The first-order valence-corrected chi connectivity index (χ1v) is 12.0. The van der Waals surface area contributed by atoms with E-state index in [1.54, 1.807) is 0 Å². The van der Waals surface area contributed by atoms with Gasteiger partial charge in [-0.15, -0.1) is 0 Å². The fraction of sp³-hybridized carbons (Fsp3) is 0.480. The SMILES string of the molecule is CCOc1ccc(CN2CCN(C(=O)C3(c4ccc(Br)cc4)CCOCC3)CC2)cc1. The minimum absolute atomic E-state index is 0.263. The number of amides is 1. The average molecular weight is 487 g/mol. The first kappa shape index (κ1) is 22.3. The van der Waals surface area contributed by atoms with Crippen LogP contribution in [-0.2, 0) is 21.5 Å². The molecule has 0 radical (unpaired) electrons. The first-order valence-electron chi connectivity index (χ1n) is 11.2. The van der Waals surface area contributed by atoms with Gasteiger partial charge in [0, 0.05) is 50.4 Å². The van der Waals surface area contributed by atoms with Crippen LogP contribution in [0.2, 0.25) is 0 Å². The maximum atomic E-state index is 13.8. The van der Waals surface area contributed by atoms with Gasteiger partial charge < -0.3 is 14.4 Å². The van der Waals surface area contributed by atoms with Gasteiger partial charge in [0.2, 0.25) is 5.91 Å². The summed E-state index contributed by atoms with van der Waals surface area (Å²) >= 11 is 3.51. The summed E-state index contributed by atoms with van der Waals surface area (Å²) in [6.45, 7) is 8.19. The number of ether oxygens (including phenoxy) is 2. The van der Waals surface area contributed by atoms with Gasteiger partial charge in [-0.2, -0.15) is 0 Å². The zero-order valence-electron chi connectivity index (χ0n) is 18.2. The summed E-state index contributed by atoms with van der Waals surface area (Å²) in [6, 6.07) is 16.6. The minimum atomic E-state index is -0.462. The molecule has 2 aromatic carbocycles. The van der Waals surface area contributed by atoms with Gasteiger partial charge in [-0.25, -0.2) is 0 Å². The molecule has 0 unspecified atom stereocenters. The number of piperazine rings is 1. The number of carbonyl (C=O) groups is 1. The molecule has 0 N–H and O–H groups in total. The van der Waals surface area contributed by atoms with Gasteiger partial charge in [0.15, 0.2) is 0 Å². The summed E-state index contributed by atoms with van der Waals surface area (Å²) in [4.78, 5) is 18.2. The number of carbonyl (C=O) groups excluding carboxylic acids is 1. The molecule has 2 aliphatic rings. The van der Waals surface area contributed by atoms with Crippen molar-refractivity contribution in [1.82, 2.24) is 9.80 Å². The van der Waals surface area contributed by atoms with E-state index in [4.69, 9.17) is 9.47 Å². The van der Waals surface area contributed by atoms with Crippen molar-refractivity contribution in [3.63, 3.8) is 0 Å². The van der Waals surface area contributed by atoms with E-state index in [0.717, 1.165) is 61.4 Å². The van der Waals surface area contributed by atoms with E-state index >= 15 is 0 Å². The normalized spacial score (nSPS) is 19.2. The largest absolute Gasteiger partial charge is 0.494 e. The van der Waals surface area contributed by atoms with Gasteiger partial charge in [0.05, 0.1) is 12.0 Å². The Balaban J connectivity index is 1.39. The standard InChI is InChI=1S/C25H31BrN2O3/c1-2-31-23-9-3-20(4-10-23)19-27-13-15-28(16-14-27)24(29)25(11-17-30-18-12-25)21-5-7-22(26)8-6-21/h3-10H,2,11-19H2,1H3. The molecule has 6 heteroatoms. The number of rotatable bonds is 6. The third kappa shape index (κ3) is 5.13. The Kier molecular flexibility index (Phi) is 7.31. The second kappa shape index (κ2) is 10.2. The van der Waals surface area contributed by atoms with E-state index in [0.29, 0.717) is 19.8 Å². The summed E-state index contributed by atoms with van der Waals surface area (Å²) in [6.07, 6.45) is 1.50. The lowest BCUT2D eigenvalue weighted by molar-refractivity contribution is -0.143. The minimum Gasteiger partial charge on any atom is -0.494 e. The van der Waals surface area contributed by atoms with Crippen molar-refractivity contribution in [2.24, 2.45) is 0 Å². The summed E-state index contributed by atoms with van der Waals surface area (Å²) in [5.41, 5.74) is 1.93. The molecule has 4 rings (SSSR count). The Morgan fingerprint density at radius 1 is 1.00 bits per heavy atom. The number of halogens is 1. The predicted octanol–water partition coefficient (Wildman–Crippen LogP) is 4.24. The second-order valence-electron chi connectivity index (χ2n) is 8.35. The third-order valence-corrected chi connectivity index (χ3v) is 6.98. The molecule has 2 aromatic rings. The van der Waals surface area contributed by atoms with Crippen molar-refractivity contribution in [3.8, 4) is 5.75 Å². The van der Waals surface area contributed by atoms with Crippen LogP contribution in [-0.4, -0.2) is 61.7 Å². The number of hydrogen-bond acceptors (Lipinski definition) is 4. The molecule has 2 aliphatic heterocycles. The van der Waals surface area contributed by atoms with Crippen molar-refractivity contribution in [2.75, 3.05) is 46.0 Å². The van der Waals surface area contributed by atoms with E-state index in [1.807, 2.05) is 31.2 Å². The molecule has 166 valence electrons. The van der Waals surface area contributed by atoms with E-state index < -0.39 is 5.41 Å². The molecule has 2 saturated heterocycles. The van der Waals surface area contributed by atoms with E-state index in [2.05, 4.69) is 50.0 Å². The van der Waals surface area contributed by atoms with Gasteiger partial charge in [0.25, 0.3) is 0 Å². The summed E-state index contributed by atoms with van der Waals surface area (Å²) in [5.74, 6) is 1.18. The zero-order chi connectivity index (χ0) is 21.7. The van der Waals surface area contributed by atoms with Gasteiger partial charge in [-0.1, -0.05) is 40.2 Å². The van der Waals surface area contributed by atoms with Crippen LogP contribution in [0.4, 0.5) is 0 Å². The monoisotopic (exact) mass is 486 g/mol. The lowest BCUT2D eigenvalue weighted by Gasteiger charge is -2.43. The quantitative estimate of drug-likeness (QED) is 0.612. The lowest BCUT2D eigenvalue weighted by Crippen LogP contribution is -2.55. The third-order valence-electron chi connectivity index (χ3n) is 6.45. The summed E-state index contributed by atoms with van der Waals surface area (Å²) < 4.78 is 12.2. The van der Waals surface area contributed by atoms with E-state index in [-0.39, 0.29) is 5.91 Å². The molecular formula is C25H31BrN2O3. The molecule has 5 nitrogen and oxygen atoms in total. The maximum absolute atomic E-state index is 13.8. The van der Waals surface area contributed by atoms with Crippen molar-refractivity contribution >= 4 is 21.8 Å². The molecule has 0 saturated carbocycles. The van der Waals surface area contributed by atoms with Crippen LogP contribution in [0.1, 0.15) is 30.9 Å². The van der Waals surface area contributed by atoms with Gasteiger partial charge in [-0.05, 0) is 55.2 Å². The van der Waals surface area contributed by atoms with Crippen LogP contribution in [0.3, 0.4) is 0 Å². The molecule has 0 spiro atoms. The number of benzene rings is 2. The molecule has 2 fully saturated rings. The Morgan fingerprint density at radius 3 is 2.26 bits per heavy atom. The molecule has 1 amide bonds. The highest BCUT2D eigenvalue weighted by molar-refractivity contribution is 9.10. The Morgan fingerprint density at radius 2 is 1.65 bits per heavy atom. The molecule has 0 aliphatic carbocycles. The van der Waals surface area contributed by atoms with Gasteiger partial charge in [0.1, 0.15) is 5.75 Å². The van der Waals surface area contributed by atoms with Crippen molar-refractivity contribution in [3.05, 3.63) is 64.1 Å². The molecule has 0 atom stereocenters. The molecule has 0 aromatic heterocycles. The summed E-state index contributed by atoms with van der Waals surface area (Å²) in [5, 5.41) is 0. The highest BCUT2D eigenvalue weighted by atomic mass is 79.9. The van der Waals surface area contributed by atoms with Crippen LogP contribution in [0.25, 0.3) is 0 Å². The molecule has 0 bridgehead atoms. The fourth-order valence-electron chi connectivity index (χ4n) is 4.64. The Bertz CT molecular complexity index is 855. The van der Waals surface area contributed by atoms with E-state index in [1.165, 1.54) is 5.56 Å². The summed E-state index contributed by atoms with van der Waals surface area (Å²) in [7, 11) is 0. The van der Waals surface area contributed by atoms with Crippen LogP contribution < -0.4 is 4.74 Å². The highest BCUT2D eigenvalue weighted by Crippen LogP contribution is 2.37. The van der Waals surface area contributed by atoms with Crippen molar-refractivity contribution < 1.29 is 14.3 Å². The van der Waals surface area contributed by atoms with Crippen LogP contribution in [0, 0.1) is 0 Å². The van der Waals surface area contributed by atoms with Crippen molar-refractivity contribution in [1.29, 1.82) is 0 Å². The predicted molar refractivity (Wildman–Crippen MR) is 125 cm³/mol. The van der Waals surface area contributed by atoms with E-state index in [9.17, 15) is 4.79 Å². The topological polar surface area (TPSA) is 42.0 Å². The van der Waals surface area contributed by atoms with Crippen LogP contribution in [0.5, 0.6) is 5.75 Å². The van der Waals surface area contributed by atoms with Crippen LogP contribution >= 0.6 is 15.9 Å². The fourth-order valence-corrected chi connectivity index (χ4v) is 4.91. The zero-order valence-corrected chi connectivity index (χ0v) is 19.8. The van der Waals surface area contributed by atoms with Gasteiger partial charge >= 0.3 is 0 Å². The average Bonchev–Trinajstić information content (AvgIpc) is 2.81. The number of nitrogens with zero attached hydrogens (tertiary/aromatic N) is 2. The molecule has 31 heavy (non-hydrogen) atoms. The maximum Gasteiger partial charge on any atom is 0.233 e. The lowest BCUT2D eigenvalue weighted by atomic mass is 9.73. The molecule has 2 heterocycles.